The zero-order valence-electron chi connectivity index (χ0n) is 17.5. The van der Waals surface area contributed by atoms with Crippen LogP contribution >= 0.6 is 0 Å². The summed E-state index contributed by atoms with van der Waals surface area (Å²) in [5.74, 6) is 0.0833. The Kier molecular flexibility index (Phi) is 7.48. The van der Waals surface area contributed by atoms with Crippen LogP contribution in [0, 0.1) is 5.41 Å². The number of aryl methyl sites for hydroxylation is 1. The number of ether oxygens (including phenoxy) is 1. The van der Waals surface area contributed by atoms with Gasteiger partial charge in [0.25, 0.3) is 0 Å². The predicted octanol–water partition coefficient (Wildman–Crippen LogP) is 2.82. The molecular formula is C21H35N3O3. The zero-order chi connectivity index (χ0) is 20.0. The van der Waals surface area contributed by atoms with Crippen LogP contribution in [-0.2, 0) is 27.9 Å². The molecule has 0 bridgehead atoms. The maximum Gasteiger partial charge on any atom is 0.242 e. The number of carbonyl (C=O) groups excluding carboxylic acids is 2. The third-order valence-electron chi connectivity index (χ3n) is 4.83. The van der Waals surface area contributed by atoms with Gasteiger partial charge in [-0.3, -0.25) is 9.59 Å². The number of hydrogen-bond acceptors (Lipinski definition) is 3. The Bertz CT molecular complexity index is 629. The molecular weight excluding hydrogens is 342 g/mol. The van der Waals surface area contributed by atoms with Gasteiger partial charge in [-0.25, -0.2) is 0 Å². The van der Waals surface area contributed by atoms with Crippen molar-refractivity contribution >= 4 is 11.8 Å². The Morgan fingerprint density at radius 1 is 1.26 bits per heavy atom. The second kappa shape index (κ2) is 9.40. The summed E-state index contributed by atoms with van der Waals surface area (Å²) in [5, 5.41) is 0. The van der Waals surface area contributed by atoms with Gasteiger partial charge < -0.3 is 19.1 Å². The van der Waals surface area contributed by atoms with Gasteiger partial charge in [-0.2, -0.15) is 0 Å². The number of carbonyl (C=O) groups is 2. The molecule has 1 saturated carbocycles. The lowest BCUT2D eigenvalue weighted by Crippen LogP contribution is -2.45. The molecule has 6 heteroatoms. The van der Waals surface area contributed by atoms with E-state index in [-0.39, 0.29) is 23.8 Å². The molecule has 0 saturated heterocycles. The fraction of sp³-hybridized carbons (Fsp3) is 0.714. The maximum absolute atomic E-state index is 13.1. The largest absolute Gasteiger partial charge is 0.385 e. The Balaban J connectivity index is 2.04. The third kappa shape index (κ3) is 7.01. The summed E-state index contributed by atoms with van der Waals surface area (Å²) in [7, 11) is 3.65. The second-order valence-electron chi connectivity index (χ2n) is 8.76. The molecule has 2 rings (SSSR count). The first-order valence-corrected chi connectivity index (χ1v) is 9.87. The Hall–Kier alpha value is -1.82. The van der Waals surface area contributed by atoms with Crippen molar-refractivity contribution in [1.82, 2.24) is 14.4 Å². The van der Waals surface area contributed by atoms with Crippen LogP contribution in [0.25, 0.3) is 0 Å². The normalized spacial score (nSPS) is 14.3. The van der Waals surface area contributed by atoms with Crippen molar-refractivity contribution in [3.8, 4) is 0 Å². The summed E-state index contributed by atoms with van der Waals surface area (Å²) in [5.41, 5.74) is 1.01. The first-order chi connectivity index (χ1) is 12.7. The highest BCUT2D eigenvalue weighted by Gasteiger charge is 2.34. The van der Waals surface area contributed by atoms with Crippen molar-refractivity contribution in [3.63, 3.8) is 0 Å². The number of methoxy groups -OCH3 is 1. The van der Waals surface area contributed by atoms with E-state index in [0.717, 1.165) is 25.0 Å². The molecule has 1 heterocycles. The summed E-state index contributed by atoms with van der Waals surface area (Å²) in [6.07, 6.45) is 5.27. The smallest absolute Gasteiger partial charge is 0.242 e. The van der Waals surface area contributed by atoms with Gasteiger partial charge >= 0.3 is 0 Å². The molecule has 0 radical (unpaired) electrons. The fourth-order valence-corrected chi connectivity index (χ4v) is 3.15. The molecule has 1 aliphatic rings. The summed E-state index contributed by atoms with van der Waals surface area (Å²) in [4.78, 5) is 29.5. The van der Waals surface area contributed by atoms with Gasteiger partial charge in [0.2, 0.25) is 11.8 Å². The van der Waals surface area contributed by atoms with Gasteiger partial charge in [0.15, 0.2) is 0 Å². The molecule has 0 spiro atoms. The topological polar surface area (TPSA) is 54.8 Å². The van der Waals surface area contributed by atoms with Crippen LogP contribution in [0.3, 0.4) is 0 Å². The highest BCUT2D eigenvalue weighted by atomic mass is 16.5. The highest BCUT2D eigenvalue weighted by Crippen LogP contribution is 2.29. The molecule has 1 aliphatic carbocycles. The number of nitrogens with zero attached hydrogens (tertiary/aromatic N) is 3. The summed E-state index contributed by atoms with van der Waals surface area (Å²) in [6, 6.07) is 4.35. The van der Waals surface area contributed by atoms with Gasteiger partial charge in [-0.1, -0.05) is 20.8 Å². The first-order valence-electron chi connectivity index (χ1n) is 9.87. The lowest BCUT2D eigenvalue weighted by atomic mass is 9.91. The van der Waals surface area contributed by atoms with E-state index in [4.69, 9.17) is 4.74 Å². The third-order valence-corrected chi connectivity index (χ3v) is 4.83. The minimum atomic E-state index is -0.0984. The highest BCUT2D eigenvalue weighted by molar-refractivity contribution is 5.85. The quantitative estimate of drug-likeness (QED) is 0.589. The molecule has 1 aromatic rings. The Labute approximate surface area is 163 Å². The van der Waals surface area contributed by atoms with Crippen molar-refractivity contribution in [2.24, 2.45) is 12.5 Å². The van der Waals surface area contributed by atoms with Crippen LogP contribution in [0.4, 0.5) is 0 Å². The SMILES string of the molecule is COCCCN(CC(=O)N(Cc1cccn1C)C1CC1)C(=O)CC(C)(C)C. The van der Waals surface area contributed by atoms with Crippen LogP contribution in [0.5, 0.6) is 0 Å². The molecule has 0 N–H and O–H groups in total. The van der Waals surface area contributed by atoms with Crippen molar-refractivity contribution < 1.29 is 14.3 Å². The molecule has 6 nitrogen and oxygen atoms in total. The molecule has 0 atom stereocenters. The average Bonchev–Trinajstić information content (AvgIpc) is 3.33. The monoisotopic (exact) mass is 377 g/mol. The fourth-order valence-electron chi connectivity index (χ4n) is 3.15. The van der Waals surface area contributed by atoms with E-state index in [0.29, 0.717) is 32.2 Å². The van der Waals surface area contributed by atoms with E-state index in [9.17, 15) is 9.59 Å². The lowest BCUT2D eigenvalue weighted by Gasteiger charge is -2.30. The zero-order valence-corrected chi connectivity index (χ0v) is 17.5. The summed E-state index contributed by atoms with van der Waals surface area (Å²) >= 11 is 0. The molecule has 27 heavy (non-hydrogen) atoms. The molecule has 1 fully saturated rings. The van der Waals surface area contributed by atoms with Crippen LogP contribution in [0.15, 0.2) is 18.3 Å². The molecule has 0 aromatic carbocycles. The molecule has 1 aromatic heterocycles. The standard InChI is InChI=1S/C21H35N3O3/c1-21(2,3)14-19(25)23(12-7-13-27-5)16-20(26)24(17-9-10-17)15-18-8-6-11-22(18)4/h6,8,11,17H,7,9-10,12-16H2,1-5H3. The van der Waals surface area contributed by atoms with Crippen LogP contribution in [0.2, 0.25) is 0 Å². The van der Waals surface area contributed by atoms with Crippen molar-refractivity contribution in [2.75, 3.05) is 26.8 Å². The maximum atomic E-state index is 13.1. The van der Waals surface area contributed by atoms with Gasteiger partial charge in [-0.05, 0) is 36.8 Å². The molecule has 0 aliphatic heterocycles. The van der Waals surface area contributed by atoms with Crippen molar-refractivity contribution in [2.45, 2.75) is 59.0 Å². The van der Waals surface area contributed by atoms with Gasteiger partial charge in [0.1, 0.15) is 0 Å². The first kappa shape index (κ1) is 21.5. The minimum Gasteiger partial charge on any atom is -0.385 e. The number of aromatic nitrogens is 1. The average molecular weight is 378 g/mol. The van der Waals surface area contributed by atoms with Gasteiger partial charge in [-0.15, -0.1) is 0 Å². The van der Waals surface area contributed by atoms with Gasteiger partial charge in [0.05, 0.1) is 13.1 Å². The summed E-state index contributed by atoms with van der Waals surface area (Å²) in [6.45, 7) is 8.04. The van der Waals surface area contributed by atoms with E-state index >= 15 is 0 Å². The minimum absolute atomic E-state index is 0.0402. The molecule has 0 unspecified atom stereocenters. The molecule has 2 amide bonds. The van der Waals surface area contributed by atoms with Crippen LogP contribution < -0.4 is 0 Å². The Morgan fingerprint density at radius 3 is 2.48 bits per heavy atom. The van der Waals surface area contributed by atoms with E-state index in [2.05, 4.69) is 0 Å². The number of rotatable bonds is 10. The van der Waals surface area contributed by atoms with Crippen LogP contribution in [-0.4, -0.2) is 59.0 Å². The van der Waals surface area contributed by atoms with E-state index < -0.39 is 0 Å². The van der Waals surface area contributed by atoms with Crippen LogP contribution in [0.1, 0.15) is 52.1 Å². The Morgan fingerprint density at radius 2 is 1.96 bits per heavy atom. The second-order valence-corrected chi connectivity index (χ2v) is 8.76. The lowest BCUT2D eigenvalue weighted by molar-refractivity contribution is -0.142. The van der Waals surface area contributed by atoms with Crippen molar-refractivity contribution in [1.29, 1.82) is 0 Å². The van der Waals surface area contributed by atoms with Gasteiger partial charge in [0, 0.05) is 51.7 Å². The summed E-state index contributed by atoms with van der Waals surface area (Å²) < 4.78 is 7.17. The predicted molar refractivity (Wildman–Crippen MR) is 106 cm³/mol. The van der Waals surface area contributed by atoms with E-state index in [1.165, 1.54) is 0 Å². The van der Waals surface area contributed by atoms with E-state index in [1.807, 2.05) is 55.6 Å². The van der Waals surface area contributed by atoms with E-state index in [1.54, 1.807) is 12.0 Å². The number of hydrogen-bond donors (Lipinski definition) is 0. The number of amides is 2. The van der Waals surface area contributed by atoms with Crippen molar-refractivity contribution in [3.05, 3.63) is 24.0 Å². The molecule has 152 valence electrons.